The average Bonchev–Trinajstić information content (AvgIpc) is 3.09. The van der Waals surface area contributed by atoms with Gasteiger partial charge in [0, 0.05) is 23.3 Å². The van der Waals surface area contributed by atoms with E-state index in [1.54, 1.807) is 0 Å². The molecule has 0 radical (unpaired) electrons. The largest absolute Gasteiger partial charge is 0.356 e. The highest BCUT2D eigenvalue weighted by molar-refractivity contribution is 6.02. The van der Waals surface area contributed by atoms with Gasteiger partial charge in [0.1, 0.15) is 12.0 Å². The predicted molar refractivity (Wildman–Crippen MR) is 76.1 cm³/mol. The topological polar surface area (TPSA) is 89.3 Å². The Bertz CT molecular complexity index is 808. The number of imide groups is 1. The maximum atomic E-state index is 12.0. The lowest BCUT2D eigenvalue weighted by molar-refractivity contribution is -0.134. The molecule has 2 amide bonds. The number of carbonyl (C=O) groups excluding carboxylic acids is 3. The van der Waals surface area contributed by atoms with Crippen LogP contribution >= 0.6 is 0 Å². The molecule has 2 atom stereocenters. The van der Waals surface area contributed by atoms with E-state index in [0.29, 0.717) is 30.5 Å². The number of fused-ring (bicyclic) bond motifs is 3. The van der Waals surface area contributed by atoms with Gasteiger partial charge in [0.15, 0.2) is 5.58 Å². The van der Waals surface area contributed by atoms with Gasteiger partial charge in [-0.2, -0.15) is 0 Å². The van der Waals surface area contributed by atoms with Crippen molar-refractivity contribution in [3.05, 3.63) is 29.0 Å². The molecule has 1 aromatic heterocycles. The van der Waals surface area contributed by atoms with Crippen molar-refractivity contribution >= 4 is 29.1 Å². The molecule has 22 heavy (non-hydrogen) atoms. The van der Waals surface area contributed by atoms with Crippen LogP contribution in [0.2, 0.25) is 0 Å². The highest BCUT2D eigenvalue weighted by atomic mass is 16.5. The Morgan fingerprint density at radius 2 is 2.14 bits per heavy atom. The Hall–Kier alpha value is -2.50. The average molecular weight is 298 g/mol. The lowest BCUT2D eigenvalue weighted by atomic mass is 9.92. The zero-order chi connectivity index (χ0) is 15.3. The van der Waals surface area contributed by atoms with Crippen LogP contribution in [0.1, 0.15) is 35.6 Å². The number of aldehydes is 1. The van der Waals surface area contributed by atoms with Gasteiger partial charge in [-0.25, -0.2) is 0 Å². The first-order chi connectivity index (χ1) is 10.7. The van der Waals surface area contributed by atoms with E-state index in [1.165, 1.54) is 0 Å². The van der Waals surface area contributed by atoms with E-state index in [1.807, 2.05) is 12.1 Å². The summed E-state index contributed by atoms with van der Waals surface area (Å²) in [5.74, 6) is -1.04. The molecule has 2 aliphatic rings. The predicted octanol–water partition coefficient (Wildman–Crippen LogP) is 1.26. The fourth-order valence-corrected chi connectivity index (χ4v) is 3.45. The van der Waals surface area contributed by atoms with Gasteiger partial charge >= 0.3 is 0 Å². The molecule has 2 heterocycles. The van der Waals surface area contributed by atoms with Gasteiger partial charge < -0.3 is 9.32 Å². The first-order valence-electron chi connectivity index (χ1n) is 7.36. The molecular formula is C16H14N2O4. The van der Waals surface area contributed by atoms with Gasteiger partial charge in [-0.3, -0.25) is 14.9 Å². The van der Waals surface area contributed by atoms with Crippen LogP contribution in [0.25, 0.3) is 11.0 Å². The van der Waals surface area contributed by atoms with Gasteiger partial charge in [0.2, 0.25) is 11.8 Å². The number of amides is 2. The quantitative estimate of drug-likeness (QED) is 0.666. The molecule has 112 valence electrons. The van der Waals surface area contributed by atoms with Crippen molar-refractivity contribution in [3.8, 4) is 0 Å². The van der Waals surface area contributed by atoms with Crippen molar-refractivity contribution in [3.63, 3.8) is 0 Å². The van der Waals surface area contributed by atoms with E-state index in [0.717, 1.165) is 29.2 Å². The number of piperidine rings is 1. The number of carbonyl (C=O) groups is 3. The number of hydrogen-bond acceptors (Lipinski definition) is 5. The monoisotopic (exact) mass is 298 g/mol. The highest BCUT2D eigenvalue weighted by Gasteiger charge is 2.33. The summed E-state index contributed by atoms with van der Waals surface area (Å²) in [7, 11) is 0. The van der Waals surface area contributed by atoms with Gasteiger partial charge in [0.05, 0.1) is 5.92 Å². The molecule has 0 spiro atoms. The summed E-state index contributed by atoms with van der Waals surface area (Å²) >= 11 is 0. The maximum absolute atomic E-state index is 12.0. The minimum absolute atomic E-state index is 0.00949. The zero-order valence-electron chi connectivity index (χ0n) is 11.8. The van der Waals surface area contributed by atoms with Crippen LogP contribution in [0.15, 0.2) is 16.7 Å². The highest BCUT2D eigenvalue weighted by Crippen LogP contribution is 2.36. The number of benzene rings is 1. The molecule has 2 aromatic rings. The smallest absolute Gasteiger partial charge is 0.235 e. The van der Waals surface area contributed by atoms with E-state index in [-0.39, 0.29) is 17.7 Å². The minimum Gasteiger partial charge on any atom is -0.356 e. The molecule has 1 aliphatic carbocycles. The molecule has 1 aromatic carbocycles. The van der Waals surface area contributed by atoms with E-state index >= 15 is 0 Å². The van der Waals surface area contributed by atoms with Crippen LogP contribution in [0.5, 0.6) is 0 Å². The van der Waals surface area contributed by atoms with E-state index in [2.05, 4.69) is 10.5 Å². The van der Waals surface area contributed by atoms with Crippen molar-refractivity contribution in [2.75, 3.05) is 0 Å². The van der Waals surface area contributed by atoms with Crippen LogP contribution < -0.4 is 5.32 Å². The van der Waals surface area contributed by atoms with Crippen LogP contribution in [0, 0.1) is 5.92 Å². The number of hydrogen-bond donors (Lipinski definition) is 1. The van der Waals surface area contributed by atoms with E-state index in [4.69, 9.17) is 4.52 Å². The third kappa shape index (κ3) is 1.87. The second kappa shape index (κ2) is 4.76. The van der Waals surface area contributed by atoms with E-state index in [9.17, 15) is 14.4 Å². The number of nitrogens with one attached hydrogen (secondary N) is 1. The normalized spacial score (nSPS) is 24.4. The lowest BCUT2D eigenvalue weighted by Crippen LogP contribution is -2.39. The molecule has 0 saturated carbocycles. The fourth-order valence-electron chi connectivity index (χ4n) is 3.45. The van der Waals surface area contributed by atoms with E-state index < -0.39 is 5.92 Å². The zero-order valence-corrected chi connectivity index (χ0v) is 11.8. The van der Waals surface area contributed by atoms with Crippen LogP contribution in [-0.4, -0.2) is 23.3 Å². The summed E-state index contributed by atoms with van der Waals surface area (Å²) in [5, 5.41) is 7.24. The summed E-state index contributed by atoms with van der Waals surface area (Å²) in [6, 6.07) is 3.88. The summed E-state index contributed by atoms with van der Waals surface area (Å²) < 4.78 is 5.48. The Morgan fingerprint density at radius 3 is 2.91 bits per heavy atom. The van der Waals surface area contributed by atoms with Gasteiger partial charge in [-0.1, -0.05) is 11.2 Å². The van der Waals surface area contributed by atoms with Gasteiger partial charge in [0.25, 0.3) is 0 Å². The lowest BCUT2D eigenvalue weighted by Gasteiger charge is -2.18. The van der Waals surface area contributed by atoms with Crippen LogP contribution in [-0.2, 0) is 27.2 Å². The third-order valence-electron chi connectivity index (χ3n) is 4.58. The summed E-state index contributed by atoms with van der Waals surface area (Å²) in [5.41, 5.74) is 3.37. The number of nitrogens with zero attached hydrogens (tertiary/aromatic N) is 1. The molecule has 1 fully saturated rings. The Balaban J connectivity index is 1.77. The second-order valence-electron chi connectivity index (χ2n) is 5.96. The minimum atomic E-state index is -0.458. The maximum Gasteiger partial charge on any atom is 0.235 e. The summed E-state index contributed by atoms with van der Waals surface area (Å²) in [6.07, 6.45) is 3.11. The molecule has 1 aliphatic heterocycles. The fraction of sp³-hybridized carbons (Fsp3) is 0.375. The molecule has 6 heteroatoms. The van der Waals surface area contributed by atoms with Crippen molar-refractivity contribution in [2.24, 2.45) is 5.92 Å². The van der Waals surface area contributed by atoms with Crippen LogP contribution in [0.4, 0.5) is 0 Å². The van der Waals surface area contributed by atoms with Crippen molar-refractivity contribution < 1.29 is 18.9 Å². The second-order valence-corrected chi connectivity index (χ2v) is 5.96. The summed E-state index contributed by atoms with van der Waals surface area (Å²) in [6.45, 7) is 0. The van der Waals surface area contributed by atoms with Crippen LogP contribution in [0.3, 0.4) is 0 Å². The molecular weight excluding hydrogens is 284 g/mol. The molecule has 1 N–H and O–H groups in total. The molecule has 1 saturated heterocycles. The third-order valence-corrected chi connectivity index (χ3v) is 4.58. The van der Waals surface area contributed by atoms with Gasteiger partial charge in [-0.15, -0.1) is 0 Å². The summed E-state index contributed by atoms with van der Waals surface area (Å²) in [4.78, 5) is 34.3. The number of rotatable bonds is 2. The standard InChI is InChI=1S/C16H14N2O4/c19-7-8-5-9-1-2-10-14(18-22-15(10)12(9)6-8)11-3-4-13(20)17-16(11)21/h1-2,7-8,11H,3-6H2,(H,17,20,21)/t8-,11?/m0/s1. The molecule has 1 unspecified atom stereocenters. The molecule has 0 bridgehead atoms. The van der Waals surface area contributed by atoms with Gasteiger partial charge in [-0.05, 0) is 30.9 Å². The van der Waals surface area contributed by atoms with Crippen molar-refractivity contribution in [2.45, 2.75) is 31.6 Å². The first-order valence-corrected chi connectivity index (χ1v) is 7.36. The Morgan fingerprint density at radius 1 is 1.27 bits per heavy atom. The molecule has 6 nitrogen and oxygen atoms in total. The molecule has 4 rings (SSSR count). The number of aromatic nitrogens is 1. The Labute approximate surface area is 125 Å². The van der Waals surface area contributed by atoms with Crippen molar-refractivity contribution in [1.82, 2.24) is 10.5 Å². The SMILES string of the molecule is O=C[C@H]1Cc2ccc3c(C4CCC(=O)NC4=O)noc3c2C1. The first kappa shape index (κ1) is 13.2. The Kier molecular flexibility index (Phi) is 2.85. The van der Waals surface area contributed by atoms with Crippen molar-refractivity contribution in [1.29, 1.82) is 0 Å².